The fourth-order valence-corrected chi connectivity index (χ4v) is 2.39. The molecular formula is C17H19NO2. The molecule has 20 heavy (non-hydrogen) atoms. The normalized spacial score (nSPS) is 14.2. The zero-order valence-electron chi connectivity index (χ0n) is 12.1. The van der Waals surface area contributed by atoms with Gasteiger partial charge in [-0.2, -0.15) is 0 Å². The first-order chi connectivity index (χ1) is 9.63. The van der Waals surface area contributed by atoms with Gasteiger partial charge in [-0.15, -0.1) is 0 Å². The van der Waals surface area contributed by atoms with E-state index in [1.165, 1.54) is 22.4 Å². The van der Waals surface area contributed by atoms with Crippen LogP contribution >= 0.6 is 0 Å². The first kappa shape index (κ1) is 12.9. The van der Waals surface area contributed by atoms with Crippen molar-refractivity contribution < 1.29 is 9.47 Å². The number of rotatable bonds is 3. The molecule has 1 atom stereocenters. The van der Waals surface area contributed by atoms with E-state index in [1.807, 2.05) is 12.1 Å². The van der Waals surface area contributed by atoms with E-state index in [0.29, 0.717) is 6.79 Å². The zero-order chi connectivity index (χ0) is 14.1. The van der Waals surface area contributed by atoms with Gasteiger partial charge in [0.15, 0.2) is 11.5 Å². The second-order valence-electron chi connectivity index (χ2n) is 5.30. The van der Waals surface area contributed by atoms with Gasteiger partial charge in [0, 0.05) is 11.7 Å². The van der Waals surface area contributed by atoms with Crippen LogP contribution in [-0.4, -0.2) is 6.79 Å². The molecule has 0 saturated heterocycles. The van der Waals surface area contributed by atoms with Gasteiger partial charge in [0.25, 0.3) is 0 Å². The lowest BCUT2D eigenvalue weighted by Gasteiger charge is -2.18. The van der Waals surface area contributed by atoms with Gasteiger partial charge >= 0.3 is 0 Å². The molecule has 1 aliphatic rings. The zero-order valence-corrected chi connectivity index (χ0v) is 12.1. The van der Waals surface area contributed by atoms with Crippen LogP contribution in [0, 0.1) is 13.8 Å². The Bertz CT molecular complexity index is 637. The van der Waals surface area contributed by atoms with Crippen LogP contribution in [0.3, 0.4) is 0 Å². The van der Waals surface area contributed by atoms with Gasteiger partial charge in [-0.1, -0.05) is 18.2 Å². The van der Waals surface area contributed by atoms with Crippen LogP contribution in [-0.2, 0) is 0 Å². The lowest BCUT2D eigenvalue weighted by Crippen LogP contribution is -2.07. The van der Waals surface area contributed by atoms with E-state index in [4.69, 9.17) is 9.47 Å². The van der Waals surface area contributed by atoms with Gasteiger partial charge in [-0.25, -0.2) is 0 Å². The van der Waals surface area contributed by atoms with Gasteiger partial charge in [-0.3, -0.25) is 0 Å². The Hall–Kier alpha value is -2.16. The Kier molecular flexibility index (Phi) is 3.26. The molecule has 1 aliphatic heterocycles. The number of ether oxygens (including phenoxy) is 2. The number of hydrogen-bond donors (Lipinski definition) is 1. The Morgan fingerprint density at radius 1 is 1.00 bits per heavy atom. The second kappa shape index (κ2) is 5.08. The number of nitrogens with one attached hydrogen (secondary N) is 1. The van der Waals surface area contributed by atoms with Crippen molar-refractivity contribution in [2.75, 3.05) is 12.1 Å². The van der Waals surface area contributed by atoms with Gasteiger partial charge < -0.3 is 14.8 Å². The summed E-state index contributed by atoms with van der Waals surface area (Å²) in [4.78, 5) is 0. The molecule has 0 aliphatic carbocycles. The monoisotopic (exact) mass is 269 g/mol. The van der Waals surface area contributed by atoms with Crippen molar-refractivity contribution in [3.05, 3.63) is 53.1 Å². The first-order valence-corrected chi connectivity index (χ1v) is 6.87. The van der Waals surface area contributed by atoms with E-state index >= 15 is 0 Å². The predicted molar refractivity (Wildman–Crippen MR) is 80.5 cm³/mol. The Labute approximate surface area is 119 Å². The number of anilines is 1. The van der Waals surface area contributed by atoms with Crippen LogP contribution in [0.15, 0.2) is 36.4 Å². The first-order valence-electron chi connectivity index (χ1n) is 6.87. The van der Waals surface area contributed by atoms with Gasteiger partial charge in [0.1, 0.15) is 0 Å². The number of fused-ring (bicyclic) bond motifs is 1. The Balaban J connectivity index is 1.82. The summed E-state index contributed by atoms with van der Waals surface area (Å²) in [5, 5.41) is 3.56. The molecule has 0 spiro atoms. The highest BCUT2D eigenvalue weighted by Crippen LogP contribution is 2.35. The minimum atomic E-state index is 0.213. The largest absolute Gasteiger partial charge is 0.454 e. The van der Waals surface area contributed by atoms with E-state index < -0.39 is 0 Å². The maximum atomic E-state index is 5.43. The Morgan fingerprint density at radius 2 is 1.80 bits per heavy atom. The summed E-state index contributed by atoms with van der Waals surface area (Å²) in [7, 11) is 0. The summed E-state index contributed by atoms with van der Waals surface area (Å²) in [6.45, 7) is 6.70. The maximum Gasteiger partial charge on any atom is 0.231 e. The predicted octanol–water partition coefficient (Wildman–Crippen LogP) is 4.21. The molecule has 1 N–H and O–H groups in total. The summed E-state index contributed by atoms with van der Waals surface area (Å²) in [6.07, 6.45) is 0. The van der Waals surface area contributed by atoms with Crippen LogP contribution in [0.5, 0.6) is 11.5 Å². The number of benzene rings is 2. The molecule has 0 amide bonds. The van der Waals surface area contributed by atoms with Crippen molar-refractivity contribution in [3.8, 4) is 11.5 Å². The molecule has 2 aromatic carbocycles. The van der Waals surface area contributed by atoms with E-state index in [2.05, 4.69) is 50.4 Å². The molecule has 0 fully saturated rings. The van der Waals surface area contributed by atoms with Crippen molar-refractivity contribution in [3.63, 3.8) is 0 Å². The molecule has 1 heterocycles. The molecule has 0 saturated carbocycles. The van der Waals surface area contributed by atoms with Gasteiger partial charge in [0.05, 0.1) is 0 Å². The SMILES string of the molecule is Cc1ccc(C)c(NC(C)c2ccc3c(c2)OCO3)c1. The van der Waals surface area contributed by atoms with Crippen molar-refractivity contribution in [2.24, 2.45) is 0 Å². The van der Waals surface area contributed by atoms with Gasteiger partial charge in [-0.05, 0) is 55.7 Å². The molecule has 3 nitrogen and oxygen atoms in total. The lowest BCUT2D eigenvalue weighted by molar-refractivity contribution is 0.174. The molecule has 1 unspecified atom stereocenters. The van der Waals surface area contributed by atoms with Gasteiger partial charge in [0.2, 0.25) is 6.79 Å². The van der Waals surface area contributed by atoms with Crippen molar-refractivity contribution in [1.29, 1.82) is 0 Å². The van der Waals surface area contributed by atoms with E-state index in [0.717, 1.165) is 11.5 Å². The fraction of sp³-hybridized carbons (Fsp3) is 0.294. The van der Waals surface area contributed by atoms with Crippen LogP contribution in [0.1, 0.15) is 29.7 Å². The van der Waals surface area contributed by atoms with Crippen LogP contribution in [0.4, 0.5) is 5.69 Å². The van der Waals surface area contributed by atoms with Crippen LogP contribution in [0.2, 0.25) is 0 Å². The summed E-state index contributed by atoms with van der Waals surface area (Å²) < 4.78 is 10.8. The fourth-order valence-electron chi connectivity index (χ4n) is 2.39. The highest BCUT2D eigenvalue weighted by atomic mass is 16.7. The maximum absolute atomic E-state index is 5.43. The molecule has 3 rings (SSSR count). The third kappa shape index (κ3) is 2.44. The average Bonchev–Trinajstić information content (AvgIpc) is 2.90. The highest BCUT2D eigenvalue weighted by molar-refractivity contribution is 5.54. The molecule has 104 valence electrons. The van der Waals surface area contributed by atoms with E-state index in [-0.39, 0.29) is 6.04 Å². The minimum absolute atomic E-state index is 0.213. The average molecular weight is 269 g/mol. The molecule has 0 bridgehead atoms. The number of aryl methyl sites for hydroxylation is 2. The summed E-state index contributed by atoms with van der Waals surface area (Å²) in [6, 6.07) is 12.8. The quantitative estimate of drug-likeness (QED) is 0.905. The smallest absolute Gasteiger partial charge is 0.231 e. The molecule has 2 aromatic rings. The standard InChI is InChI=1S/C17H19NO2/c1-11-4-5-12(2)15(8-11)18-13(3)14-6-7-16-17(9-14)20-10-19-16/h4-9,13,18H,10H2,1-3H3. The topological polar surface area (TPSA) is 30.5 Å². The number of hydrogen-bond acceptors (Lipinski definition) is 3. The third-order valence-electron chi connectivity index (χ3n) is 3.66. The minimum Gasteiger partial charge on any atom is -0.454 e. The van der Waals surface area contributed by atoms with E-state index in [1.54, 1.807) is 0 Å². The van der Waals surface area contributed by atoms with Crippen LogP contribution in [0.25, 0.3) is 0 Å². The van der Waals surface area contributed by atoms with Crippen molar-refractivity contribution >= 4 is 5.69 Å². The van der Waals surface area contributed by atoms with Crippen LogP contribution < -0.4 is 14.8 Å². The molecule has 0 aromatic heterocycles. The lowest BCUT2D eigenvalue weighted by atomic mass is 10.1. The second-order valence-corrected chi connectivity index (χ2v) is 5.30. The molecule has 3 heteroatoms. The third-order valence-corrected chi connectivity index (χ3v) is 3.66. The molecule has 0 radical (unpaired) electrons. The summed E-state index contributed by atoms with van der Waals surface area (Å²) >= 11 is 0. The van der Waals surface area contributed by atoms with Crippen molar-refractivity contribution in [2.45, 2.75) is 26.8 Å². The summed E-state index contributed by atoms with van der Waals surface area (Å²) in [5.41, 5.74) is 4.88. The summed E-state index contributed by atoms with van der Waals surface area (Å²) in [5.74, 6) is 1.66. The molecular weight excluding hydrogens is 250 g/mol. The van der Waals surface area contributed by atoms with Crippen molar-refractivity contribution in [1.82, 2.24) is 0 Å². The van der Waals surface area contributed by atoms with E-state index in [9.17, 15) is 0 Å². The Morgan fingerprint density at radius 3 is 2.65 bits per heavy atom. The highest BCUT2D eigenvalue weighted by Gasteiger charge is 2.16.